The molecule has 0 bridgehead atoms. The molecule has 0 spiro atoms. The Kier molecular flexibility index (Phi) is 3.01. The molecule has 0 saturated heterocycles. The van der Waals surface area contributed by atoms with Gasteiger partial charge >= 0.3 is 0 Å². The van der Waals surface area contributed by atoms with Crippen molar-refractivity contribution >= 4 is 44.6 Å². The van der Waals surface area contributed by atoms with Crippen LogP contribution in [0.2, 0.25) is 5.02 Å². The van der Waals surface area contributed by atoms with Crippen molar-refractivity contribution < 1.29 is 0 Å². The summed E-state index contributed by atoms with van der Waals surface area (Å²) >= 11 is 13.7. The van der Waals surface area contributed by atoms with Crippen LogP contribution >= 0.6 is 34.5 Å². The molecule has 0 aliphatic rings. The maximum absolute atomic E-state index is 6.08. The minimum atomic E-state index is 0.486. The fourth-order valence-corrected chi connectivity index (χ4v) is 3.49. The Balaban J connectivity index is 2.76. The minimum absolute atomic E-state index is 0.486. The first-order valence-electron chi connectivity index (χ1n) is 4.51. The maximum Gasteiger partial charge on any atom is 0.0503 e. The largest absolute Gasteiger partial charge is 0.143 e. The highest BCUT2D eigenvalue weighted by molar-refractivity contribution is 7.17. The van der Waals surface area contributed by atoms with Gasteiger partial charge in [0.05, 0.1) is 5.88 Å². The number of fused-ring (bicyclic) bond motifs is 1. The van der Waals surface area contributed by atoms with Gasteiger partial charge in [0.25, 0.3) is 0 Å². The summed E-state index contributed by atoms with van der Waals surface area (Å²) in [7, 11) is 0. The van der Waals surface area contributed by atoms with E-state index in [0.717, 1.165) is 17.0 Å². The smallest absolute Gasteiger partial charge is 0.0503 e. The van der Waals surface area contributed by atoms with Crippen molar-refractivity contribution in [3.63, 3.8) is 0 Å². The van der Waals surface area contributed by atoms with E-state index in [1.807, 2.05) is 6.07 Å². The molecule has 1 aromatic carbocycles. The molecule has 0 saturated carbocycles. The van der Waals surface area contributed by atoms with E-state index in [1.54, 1.807) is 11.3 Å². The monoisotopic (exact) mass is 244 g/mol. The third kappa shape index (κ3) is 1.54. The first-order chi connectivity index (χ1) is 6.77. The number of halogens is 2. The summed E-state index contributed by atoms with van der Waals surface area (Å²) in [5, 5.41) is 4.27. The highest BCUT2D eigenvalue weighted by atomic mass is 35.5. The van der Waals surface area contributed by atoms with E-state index >= 15 is 0 Å². The lowest BCUT2D eigenvalue weighted by molar-refractivity contribution is 1.17. The molecule has 14 heavy (non-hydrogen) atoms. The topological polar surface area (TPSA) is 0 Å². The Bertz CT molecular complexity index is 460. The van der Waals surface area contributed by atoms with Gasteiger partial charge in [0.15, 0.2) is 0 Å². The molecule has 74 valence electrons. The fraction of sp³-hybridized carbons (Fsp3) is 0.273. The van der Waals surface area contributed by atoms with Gasteiger partial charge in [-0.25, -0.2) is 0 Å². The lowest BCUT2D eigenvalue weighted by Gasteiger charge is -2.02. The molecular formula is C11H10Cl2S. The first-order valence-corrected chi connectivity index (χ1v) is 6.30. The second-order valence-corrected chi connectivity index (χ2v) is 4.70. The molecular weight excluding hydrogens is 235 g/mol. The first kappa shape index (κ1) is 10.3. The van der Waals surface area contributed by atoms with Gasteiger partial charge in [-0.2, -0.15) is 0 Å². The van der Waals surface area contributed by atoms with Gasteiger partial charge in [0.2, 0.25) is 0 Å². The van der Waals surface area contributed by atoms with Crippen LogP contribution in [-0.4, -0.2) is 0 Å². The predicted octanol–water partition coefficient (Wildman–Crippen LogP) is 4.86. The van der Waals surface area contributed by atoms with Crippen molar-refractivity contribution in [2.24, 2.45) is 0 Å². The van der Waals surface area contributed by atoms with Crippen LogP contribution in [0.25, 0.3) is 10.1 Å². The SMILES string of the molecule is CCc1csc2c(CCl)c(Cl)ccc12. The standard InChI is InChI=1S/C11H10Cl2S/c1-2-7-6-14-11-8(7)3-4-10(13)9(11)5-12/h3-4,6H,2,5H2,1H3. The molecule has 1 aromatic heterocycles. The van der Waals surface area contributed by atoms with Gasteiger partial charge in [0.1, 0.15) is 0 Å². The summed E-state index contributed by atoms with van der Waals surface area (Å²) in [6, 6.07) is 4.02. The van der Waals surface area contributed by atoms with Crippen molar-refractivity contribution in [3.05, 3.63) is 33.7 Å². The van der Waals surface area contributed by atoms with Crippen LogP contribution in [0.5, 0.6) is 0 Å². The highest BCUT2D eigenvalue weighted by Crippen LogP contribution is 2.34. The summed E-state index contributed by atoms with van der Waals surface area (Å²) in [4.78, 5) is 0. The second-order valence-electron chi connectivity index (χ2n) is 3.15. The number of alkyl halides is 1. The van der Waals surface area contributed by atoms with Crippen molar-refractivity contribution in [2.45, 2.75) is 19.2 Å². The normalized spacial score (nSPS) is 11.1. The molecule has 0 radical (unpaired) electrons. The number of hydrogen-bond acceptors (Lipinski definition) is 1. The van der Waals surface area contributed by atoms with E-state index < -0.39 is 0 Å². The molecule has 3 heteroatoms. The zero-order valence-electron chi connectivity index (χ0n) is 7.81. The summed E-state index contributed by atoms with van der Waals surface area (Å²) < 4.78 is 1.24. The quantitative estimate of drug-likeness (QED) is 0.663. The van der Waals surface area contributed by atoms with Gasteiger partial charge in [-0.1, -0.05) is 24.6 Å². The Morgan fingerprint density at radius 2 is 2.14 bits per heavy atom. The number of rotatable bonds is 2. The van der Waals surface area contributed by atoms with Crippen LogP contribution < -0.4 is 0 Å². The molecule has 0 N–H and O–H groups in total. The van der Waals surface area contributed by atoms with Crippen molar-refractivity contribution in [2.75, 3.05) is 0 Å². The Morgan fingerprint density at radius 1 is 1.36 bits per heavy atom. The van der Waals surface area contributed by atoms with Crippen molar-refractivity contribution in [1.82, 2.24) is 0 Å². The molecule has 2 rings (SSSR count). The van der Waals surface area contributed by atoms with Crippen LogP contribution in [0.1, 0.15) is 18.1 Å². The Hall–Kier alpha value is -0.240. The van der Waals surface area contributed by atoms with E-state index in [9.17, 15) is 0 Å². The van der Waals surface area contributed by atoms with Crippen LogP contribution in [-0.2, 0) is 12.3 Å². The lowest BCUT2D eigenvalue weighted by atomic mass is 10.1. The van der Waals surface area contributed by atoms with E-state index in [1.165, 1.54) is 15.6 Å². The average molecular weight is 245 g/mol. The molecule has 1 heterocycles. The van der Waals surface area contributed by atoms with E-state index in [0.29, 0.717) is 5.88 Å². The zero-order valence-corrected chi connectivity index (χ0v) is 10.1. The van der Waals surface area contributed by atoms with Gasteiger partial charge in [0, 0.05) is 15.3 Å². The molecule has 0 aliphatic heterocycles. The molecule has 0 amide bonds. The predicted molar refractivity (Wildman–Crippen MR) is 65.8 cm³/mol. The molecule has 0 atom stereocenters. The van der Waals surface area contributed by atoms with Crippen LogP contribution in [0.3, 0.4) is 0 Å². The van der Waals surface area contributed by atoms with Gasteiger partial charge in [-0.3, -0.25) is 0 Å². The number of aryl methyl sites for hydroxylation is 1. The Morgan fingerprint density at radius 3 is 2.79 bits per heavy atom. The highest BCUT2D eigenvalue weighted by Gasteiger charge is 2.09. The van der Waals surface area contributed by atoms with Crippen molar-refractivity contribution in [1.29, 1.82) is 0 Å². The summed E-state index contributed by atoms with van der Waals surface area (Å²) in [6.45, 7) is 2.16. The van der Waals surface area contributed by atoms with Crippen molar-refractivity contribution in [3.8, 4) is 0 Å². The third-order valence-corrected chi connectivity index (χ3v) is 4.11. The lowest BCUT2D eigenvalue weighted by Crippen LogP contribution is -1.82. The summed E-state index contributed by atoms with van der Waals surface area (Å²) in [6.07, 6.45) is 1.06. The van der Waals surface area contributed by atoms with Gasteiger partial charge < -0.3 is 0 Å². The second kappa shape index (κ2) is 4.09. The maximum atomic E-state index is 6.08. The number of benzene rings is 1. The number of thiophene rings is 1. The minimum Gasteiger partial charge on any atom is -0.143 e. The Labute approximate surface area is 97.5 Å². The van der Waals surface area contributed by atoms with Gasteiger partial charge in [-0.05, 0) is 28.8 Å². The molecule has 0 nitrogen and oxygen atoms in total. The molecule has 0 aliphatic carbocycles. The van der Waals surface area contributed by atoms with Crippen LogP contribution in [0.4, 0.5) is 0 Å². The zero-order chi connectivity index (χ0) is 10.1. The number of hydrogen-bond donors (Lipinski definition) is 0. The van der Waals surface area contributed by atoms with E-state index in [4.69, 9.17) is 23.2 Å². The summed E-state index contributed by atoms with van der Waals surface area (Å²) in [5.41, 5.74) is 2.45. The van der Waals surface area contributed by atoms with Crippen LogP contribution in [0, 0.1) is 0 Å². The van der Waals surface area contributed by atoms with E-state index in [2.05, 4.69) is 18.4 Å². The van der Waals surface area contributed by atoms with E-state index in [-0.39, 0.29) is 0 Å². The third-order valence-electron chi connectivity index (χ3n) is 2.38. The average Bonchev–Trinajstić information content (AvgIpc) is 2.60. The van der Waals surface area contributed by atoms with Gasteiger partial charge in [-0.15, -0.1) is 22.9 Å². The molecule has 0 fully saturated rings. The van der Waals surface area contributed by atoms with Crippen LogP contribution in [0.15, 0.2) is 17.5 Å². The molecule has 0 unspecified atom stereocenters. The molecule has 2 aromatic rings. The summed E-state index contributed by atoms with van der Waals surface area (Å²) in [5.74, 6) is 0.486. The fourth-order valence-electron chi connectivity index (χ4n) is 1.58.